The van der Waals surface area contributed by atoms with Gasteiger partial charge in [-0.3, -0.25) is 14.5 Å². The molecule has 2 aromatic rings. The highest BCUT2D eigenvalue weighted by atomic mass is 32.2. The summed E-state index contributed by atoms with van der Waals surface area (Å²) in [6, 6.07) is 7.92. The lowest BCUT2D eigenvalue weighted by Crippen LogP contribution is -2.44. The number of amides is 2. The van der Waals surface area contributed by atoms with E-state index in [1.165, 1.54) is 15.6 Å². The van der Waals surface area contributed by atoms with Gasteiger partial charge < -0.3 is 11.1 Å². The second kappa shape index (κ2) is 9.25. The van der Waals surface area contributed by atoms with Crippen molar-refractivity contribution >= 4 is 38.2 Å². The van der Waals surface area contributed by atoms with E-state index in [0.717, 1.165) is 5.56 Å². The molecule has 3 rings (SSSR count). The third-order valence-electron chi connectivity index (χ3n) is 5.24. The summed E-state index contributed by atoms with van der Waals surface area (Å²) in [6.07, 6.45) is 0.619. The highest BCUT2D eigenvalue weighted by molar-refractivity contribution is 7.89. The SMILES string of the molecule is Cc1ccc(S(=O)(=O)N2CCCN([C@H](C)C(=O)Nc3sccc3C(N)=O)CC2)cc1. The number of anilines is 1. The largest absolute Gasteiger partial charge is 0.366 e. The molecule has 2 amide bonds. The highest BCUT2D eigenvalue weighted by Crippen LogP contribution is 2.24. The molecule has 1 aromatic carbocycles. The minimum absolute atomic E-state index is 0.255. The molecule has 10 heteroatoms. The van der Waals surface area contributed by atoms with E-state index < -0.39 is 22.0 Å². The first-order valence-electron chi connectivity index (χ1n) is 9.69. The van der Waals surface area contributed by atoms with Gasteiger partial charge in [-0.1, -0.05) is 17.7 Å². The molecule has 1 fully saturated rings. The molecule has 0 spiro atoms. The number of carbonyl (C=O) groups is 2. The summed E-state index contributed by atoms with van der Waals surface area (Å²) in [7, 11) is -3.57. The van der Waals surface area contributed by atoms with Crippen molar-refractivity contribution in [3.8, 4) is 0 Å². The molecule has 0 saturated carbocycles. The van der Waals surface area contributed by atoms with Gasteiger partial charge in [0.15, 0.2) is 0 Å². The van der Waals surface area contributed by atoms with Crippen LogP contribution in [0, 0.1) is 6.92 Å². The minimum Gasteiger partial charge on any atom is -0.366 e. The van der Waals surface area contributed by atoms with Crippen LogP contribution in [0.1, 0.15) is 29.3 Å². The van der Waals surface area contributed by atoms with Gasteiger partial charge >= 0.3 is 0 Å². The fourth-order valence-corrected chi connectivity index (χ4v) is 5.65. The Hall–Kier alpha value is -2.27. The molecular weight excluding hydrogens is 424 g/mol. The molecule has 162 valence electrons. The molecule has 1 aromatic heterocycles. The minimum atomic E-state index is -3.57. The topological polar surface area (TPSA) is 113 Å². The average molecular weight is 451 g/mol. The lowest BCUT2D eigenvalue weighted by atomic mass is 10.2. The Morgan fingerprint density at radius 1 is 1.10 bits per heavy atom. The van der Waals surface area contributed by atoms with Crippen molar-refractivity contribution in [2.24, 2.45) is 5.73 Å². The van der Waals surface area contributed by atoms with Crippen LogP contribution in [0.3, 0.4) is 0 Å². The molecule has 1 aliphatic rings. The van der Waals surface area contributed by atoms with E-state index in [1.807, 2.05) is 11.8 Å². The quantitative estimate of drug-likeness (QED) is 0.698. The van der Waals surface area contributed by atoms with Crippen LogP contribution in [0.15, 0.2) is 40.6 Å². The van der Waals surface area contributed by atoms with E-state index in [-0.39, 0.29) is 16.4 Å². The summed E-state index contributed by atoms with van der Waals surface area (Å²) in [5.41, 5.74) is 6.62. The second-order valence-corrected chi connectivity index (χ2v) is 10.2. The standard InChI is InChI=1S/C20H26N4O4S2/c1-14-4-6-16(7-5-14)30(27,28)24-10-3-9-23(11-12-24)15(2)19(26)22-20-17(18(21)25)8-13-29-20/h4-8,13,15H,3,9-12H2,1-2H3,(H2,21,25)(H,22,26)/t15-/m1/s1. The number of hydrogen-bond donors (Lipinski definition) is 2. The van der Waals surface area contributed by atoms with Crippen LogP contribution in [-0.2, 0) is 14.8 Å². The summed E-state index contributed by atoms with van der Waals surface area (Å²) in [4.78, 5) is 26.4. The van der Waals surface area contributed by atoms with E-state index in [0.29, 0.717) is 37.6 Å². The van der Waals surface area contributed by atoms with Crippen molar-refractivity contribution in [2.45, 2.75) is 31.2 Å². The first-order chi connectivity index (χ1) is 14.2. The molecule has 8 nitrogen and oxygen atoms in total. The van der Waals surface area contributed by atoms with Gasteiger partial charge in [0.2, 0.25) is 15.9 Å². The molecular formula is C20H26N4O4S2. The highest BCUT2D eigenvalue weighted by Gasteiger charge is 2.30. The van der Waals surface area contributed by atoms with Crippen LogP contribution in [0.2, 0.25) is 0 Å². The van der Waals surface area contributed by atoms with E-state index in [9.17, 15) is 18.0 Å². The van der Waals surface area contributed by atoms with Gasteiger partial charge in [-0.15, -0.1) is 11.3 Å². The zero-order valence-electron chi connectivity index (χ0n) is 17.0. The Labute approximate surface area is 180 Å². The Kier molecular flexibility index (Phi) is 6.91. The number of aryl methyl sites for hydroxylation is 1. The lowest BCUT2D eigenvalue weighted by molar-refractivity contribution is -0.120. The zero-order valence-corrected chi connectivity index (χ0v) is 18.6. The van der Waals surface area contributed by atoms with Gasteiger partial charge in [-0.25, -0.2) is 8.42 Å². The summed E-state index contributed by atoms with van der Waals surface area (Å²) in [5, 5.41) is 4.89. The third-order valence-corrected chi connectivity index (χ3v) is 7.99. The van der Waals surface area contributed by atoms with Crippen LogP contribution in [0.25, 0.3) is 0 Å². The number of nitrogens with two attached hydrogens (primary N) is 1. The number of thiophene rings is 1. The number of sulfonamides is 1. The van der Waals surface area contributed by atoms with E-state index >= 15 is 0 Å². The maximum absolute atomic E-state index is 13.0. The molecule has 0 aliphatic carbocycles. The van der Waals surface area contributed by atoms with E-state index in [2.05, 4.69) is 5.32 Å². The second-order valence-electron chi connectivity index (χ2n) is 7.30. The smallest absolute Gasteiger partial charge is 0.251 e. The Morgan fingerprint density at radius 2 is 1.80 bits per heavy atom. The van der Waals surface area contributed by atoms with E-state index in [1.54, 1.807) is 42.6 Å². The first kappa shape index (κ1) is 22.4. The molecule has 0 bridgehead atoms. The van der Waals surface area contributed by atoms with Gasteiger partial charge in [0.25, 0.3) is 5.91 Å². The maximum Gasteiger partial charge on any atom is 0.251 e. The first-order valence-corrected chi connectivity index (χ1v) is 12.0. The molecule has 3 N–H and O–H groups in total. The summed E-state index contributed by atoms with van der Waals surface area (Å²) in [5.74, 6) is -0.847. The molecule has 0 radical (unpaired) electrons. The van der Waals surface area contributed by atoms with E-state index in [4.69, 9.17) is 5.73 Å². The Morgan fingerprint density at radius 3 is 2.47 bits per heavy atom. The lowest BCUT2D eigenvalue weighted by Gasteiger charge is -2.26. The number of benzene rings is 1. The van der Waals surface area contributed by atoms with Crippen LogP contribution in [-0.4, -0.2) is 61.7 Å². The zero-order chi connectivity index (χ0) is 21.9. The van der Waals surface area contributed by atoms with Gasteiger partial charge in [0, 0.05) is 26.2 Å². The fraction of sp³-hybridized carbons (Fsp3) is 0.400. The number of rotatable bonds is 6. The van der Waals surface area contributed by atoms with Crippen LogP contribution >= 0.6 is 11.3 Å². The van der Waals surface area contributed by atoms with Crippen molar-refractivity contribution < 1.29 is 18.0 Å². The molecule has 2 heterocycles. The fourth-order valence-electron chi connectivity index (χ4n) is 3.38. The molecule has 1 atom stereocenters. The molecule has 1 aliphatic heterocycles. The monoisotopic (exact) mass is 450 g/mol. The number of nitrogens with one attached hydrogen (secondary N) is 1. The molecule has 0 unspecified atom stereocenters. The predicted molar refractivity (Wildman–Crippen MR) is 117 cm³/mol. The normalized spacial score (nSPS) is 17.3. The Balaban J connectivity index is 1.65. The molecule has 1 saturated heterocycles. The van der Waals surface area contributed by atoms with Crippen molar-refractivity contribution in [1.29, 1.82) is 0 Å². The predicted octanol–water partition coefficient (Wildman–Crippen LogP) is 1.88. The van der Waals surface area contributed by atoms with Crippen molar-refractivity contribution in [1.82, 2.24) is 9.21 Å². The van der Waals surface area contributed by atoms with Gasteiger partial charge in [0.05, 0.1) is 16.5 Å². The molecule has 30 heavy (non-hydrogen) atoms. The van der Waals surface area contributed by atoms with Crippen molar-refractivity contribution in [3.63, 3.8) is 0 Å². The number of hydrogen-bond acceptors (Lipinski definition) is 6. The number of primary amides is 1. The van der Waals surface area contributed by atoms with Crippen LogP contribution in [0.4, 0.5) is 5.00 Å². The van der Waals surface area contributed by atoms with Gasteiger partial charge in [-0.2, -0.15) is 4.31 Å². The summed E-state index contributed by atoms with van der Waals surface area (Å²) < 4.78 is 27.4. The van der Waals surface area contributed by atoms with Crippen LogP contribution in [0.5, 0.6) is 0 Å². The number of nitrogens with zero attached hydrogens (tertiary/aromatic N) is 2. The Bertz CT molecular complexity index is 1020. The summed E-state index contributed by atoms with van der Waals surface area (Å²) >= 11 is 1.24. The average Bonchev–Trinajstić information content (AvgIpc) is 3.02. The van der Waals surface area contributed by atoms with Crippen LogP contribution < -0.4 is 11.1 Å². The van der Waals surface area contributed by atoms with Crippen molar-refractivity contribution in [2.75, 3.05) is 31.5 Å². The maximum atomic E-state index is 13.0. The van der Waals surface area contributed by atoms with Gasteiger partial charge in [-0.05, 0) is 43.8 Å². The third kappa shape index (κ3) is 4.89. The van der Waals surface area contributed by atoms with Crippen molar-refractivity contribution in [3.05, 3.63) is 46.8 Å². The number of carbonyl (C=O) groups excluding carboxylic acids is 2. The van der Waals surface area contributed by atoms with Gasteiger partial charge in [0.1, 0.15) is 5.00 Å². The summed E-state index contributed by atoms with van der Waals surface area (Å²) in [6.45, 7) is 5.43.